The van der Waals surface area contributed by atoms with Crippen LogP contribution in [0, 0.1) is 5.41 Å². The molecule has 0 saturated heterocycles. The second kappa shape index (κ2) is 3.83. The summed E-state index contributed by atoms with van der Waals surface area (Å²) in [5, 5.41) is 9.64. The minimum atomic E-state index is -2.43. The summed E-state index contributed by atoms with van der Waals surface area (Å²) in [6.45, 7) is 6.78. The Kier molecular flexibility index (Phi) is 3.84. The molecule has 0 radical (unpaired) electrons. The lowest BCUT2D eigenvalue weighted by molar-refractivity contribution is -0.196. The summed E-state index contributed by atoms with van der Waals surface area (Å²) in [6.07, 6.45) is 0.650. The molecule has 5 heteroatoms. The fourth-order valence-electron chi connectivity index (χ4n) is 0.580. The van der Waals surface area contributed by atoms with Gasteiger partial charge in [0.25, 0.3) is 0 Å². The molecule has 0 aliphatic carbocycles. The maximum atomic E-state index is 10.3. The van der Waals surface area contributed by atoms with Gasteiger partial charge >= 0.3 is 11.4 Å². The third kappa shape index (κ3) is 2.82. The molecule has 0 aliphatic heterocycles. The van der Waals surface area contributed by atoms with Crippen molar-refractivity contribution < 1.29 is 18.1 Å². The molecular weight excluding hydrogens is 180 g/mol. The largest absolute Gasteiger partial charge is 0.364 e. The summed E-state index contributed by atoms with van der Waals surface area (Å²) in [4.78, 5) is 0. The molecule has 0 saturated carbocycles. The zero-order chi connectivity index (χ0) is 9.99. The molecule has 0 bridgehead atoms. The van der Waals surface area contributed by atoms with Crippen LogP contribution in [0.4, 0.5) is 0 Å². The standard InChI is InChI=1S/C7H16O4S/c1-5-6(2,3)7(4,8)11-12(9)10/h8H,5H2,1-4H3,(H,9,10). The number of hydrogen-bond acceptors (Lipinski definition) is 3. The molecule has 0 aliphatic rings. The Hall–Kier alpha value is 0.0300. The van der Waals surface area contributed by atoms with Crippen molar-refractivity contribution in [1.29, 1.82) is 0 Å². The van der Waals surface area contributed by atoms with Crippen LogP contribution in [0.3, 0.4) is 0 Å². The minimum Gasteiger partial charge on any atom is -0.364 e. The molecule has 0 aromatic carbocycles. The molecule has 4 nitrogen and oxygen atoms in total. The van der Waals surface area contributed by atoms with E-state index in [1.807, 2.05) is 6.92 Å². The first kappa shape index (κ1) is 12.0. The highest BCUT2D eigenvalue weighted by molar-refractivity contribution is 7.74. The Balaban J connectivity index is 4.48. The van der Waals surface area contributed by atoms with Gasteiger partial charge in [-0.2, -0.15) is 4.21 Å². The fourth-order valence-corrected chi connectivity index (χ4v) is 1.08. The van der Waals surface area contributed by atoms with E-state index in [1.165, 1.54) is 6.92 Å². The third-order valence-electron chi connectivity index (χ3n) is 2.37. The van der Waals surface area contributed by atoms with Gasteiger partial charge in [0.2, 0.25) is 0 Å². The molecule has 2 unspecified atom stereocenters. The van der Waals surface area contributed by atoms with E-state index in [2.05, 4.69) is 4.18 Å². The van der Waals surface area contributed by atoms with Gasteiger partial charge in [-0.15, -0.1) is 0 Å². The van der Waals surface area contributed by atoms with Crippen LogP contribution < -0.4 is 0 Å². The highest BCUT2D eigenvalue weighted by Gasteiger charge is 2.40. The molecule has 0 rings (SSSR count). The summed E-state index contributed by atoms with van der Waals surface area (Å²) in [7, 11) is 0. The van der Waals surface area contributed by atoms with Crippen LogP contribution in [-0.4, -0.2) is 19.7 Å². The van der Waals surface area contributed by atoms with Gasteiger partial charge in [0.15, 0.2) is 5.79 Å². The third-order valence-corrected chi connectivity index (χ3v) is 2.84. The molecule has 0 spiro atoms. The molecule has 0 aromatic rings. The van der Waals surface area contributed by atoms with Crippen molar-refractivity contribution in [2.45, 2.75) is 39.9 Å². The molecule has 0 heterocycles. The summed E-state index contributed by atoms with van der Waals surface area (Å²) in [5.41, 5.74) is -0.550. The van der Waals surface area contributed by atoms with E-state index in [1.54, 1.807) is 13.8 Å². The van der Waals surface area contributed by atoms with Crippen LogP contribution in [0.1, 0.15) is 34.1 Å². The Morgan fingerprint density at radius 3 is 2.08 bits per heavy atom. The normalized spacial score (nSPS) is 20.2. The summed E-state index contributed by atoms with van der Waals surface area (Å²) in [6, 6.07) is 0. The van der Waals surface area contributed by atoms with E-state index in [0.717, 1.165) is 0 Å². The highest BCUT2D eigenvalue weighted by Crippen LogP contribution is 2.35. The van der Waals surface area contributed by atoms with Gasteiger partial charge < -0.3 is 5.11 Å². The molecule has 74 valence electrons. The predicted molar refractivity (Wildman–Crippen MR) is 46.6 cm³/mol. The number of hydrogen-bond donors (Lipinski definition) is 2. The second-order valence-electron chi connectivity index (χ2n) is 3.52. The maximum absolute atomic E-state index is 10.3. The van der Waals surface area contributed by atoms with E-state index in [0.29, 0.717) is 6.42 Å². The molecule has 2 atom stereocenters. The maximum Gasteiger partial charge on any atom is 0.304 e. The topological polar surface area (TPSA) is 66.8 Å². The first-order chi connectivity index (χ1) is 5.23. The predicted octanol–water partition coefficient (Wildman–Crippen LogP) is 1.28. The lowest BCUT2D eigenvalue weighted by Gasteiger charge is -2.36. The van der Waals surface area contributed by atoms with Crippen molar-refractivity contribution in [2.24, 2.45) is 5.41 Å². The molecule has 0 fully saturated rings. The summed E-state index contributed by atoms with van der Waals surface area (Å²) < 4.78 is 23.2. The van der Waals surface area contributed by atoms with Gasteiger partial charge in [-0.3, -0.25) is 4.55 Å². The average Bonchev–Trinajstić information content (AvgIpc) is 1.84. The molecule has 2 N–H and O–H groups in total. The van der Waals surface area contributed by atoms with Crippen molar-refractivity contribution in [2.75, 3.05) is 0 Å². The van der Waals surface area contributed by atoms with Gasteiger partial charge in [-0.25, -0.2) is 4.18 Å². The van der Waals surface area contributed by atoms with Crippen LogP contribution in [0.25, 0.3) is 0 Å². The van der Waals surface area contributed by atoms with Gasteiger partial charge in [0.1, 0.15) is 0 Å². The zero-order valence-electron chi connectivity index (χ0n) is 7.83. The van der Waals surface area contributed by atoms with Crippen LogP contribution in [0.2, 0.25) is 0 Å². The molecular formula is C7H16O4S. The number of rotatable bonds is 4. The lowest BCUT2D eigenvalue weighted by atomic mass is 9.82. The Bertz CT molecular complexity index is 176. The van der Waals surface area contributed by atoms with Gasteiger partial charge in [-0.05, 0) is 13.3 Å². The van der Waals surface area contributed by atoms with Crippen molar-refractivity contribution >= 4 is 11.4 Å². The van der Waals surface area contributed by atoms with Crippen LogP contribution in [0.15, 0.2) is 0 Å². The summed E-state index contributed by atoms with van der Waals surface area (Å²) in [5.74, 6) is -1.58. The first-order valence-electron chi connectivity index (χ1n) is 3.75. The average molecular weight is 196 g/mol. The van der Waals surface area contributed by atoms with E-state index in [-0.39, 0.29) is 0 Å². The smallest absolute Gasteiger partial charge is 0.304 e. The van der Waals surface area contributed by atoms with E-state index < -0.39 is 22.6 Å². The Morgan fingerprint density at radius 1 is 1.42 bits per heavy atom. The highest BCUT2D eigenvalue weighted by atomic mass is 32.2. The van der Waals surface area contributed by atoms with Crippen molar-refractivity contribution in [3.8, 4) is 0 Å². The van der Waals surface area contributed by atoms with Crippen molar-refractivity contribution in [3.05, 3.63) is 0 Å². The summed E-state index contributed by atoms with van der Waals surface area (Å²) >= 11 is -2.43. The van der Waals surface area contributed by atoms with Crippen LogP contribution in [-0.2, 0) is 15.5 Å². The molecule has 12 heavy (non-hydrogen) atoms. The van der Waals surface area contributed by atoms with Gasteiger partial charge in [0, 0.05) is 5.41 Å². The SMILES string of the molecule is CCC(C)(C)C(C)(O)OS(=O)O. The van der Waals surface area contributed by atoms with E-state index in [9.17, 15) is 9.32 Å². The first-order valence-corrected chi connectivity index (χ1v) is 4.79. The monoisotopic (exact) mass is 196 g/mol. The van der Waals surface area contributed by atoms with Crippen molar-refractivity contribution in [1.82, 2.24) is 0 Å². The number of aliphatic hydroxyl groups is 1. The Morgan fingerprint density at radius 2 is 1.83 bits per heavy atom. The fraction of sp³-hybridized carbons (Fsp3) is 1.00. The minimum absolute atomic E-state index is 0.550. The van der Waals surface area contributed by atoms with Crippen molar-refractivity contribution in [3.63, 3.8) is 0 Å². The van der Waals surface area contributed by atoms with E-state index in [4.69, 9.17) is 4.55 Å². The van der Waals surface area contributed by atoms with Crippen LogP contribution >= 0.6 is 0 Å². The van der Waals surface area contributed by atoms with Gasteiger partial charge in [0.05, 0.1) is 0 Å². The Labute approximate surface area is 75.4 Å². The van der Waals surface area contributed by atoms with Crippen LogP contribution in [0.5, 0.6) is 0 Å². The lowest BCUT2D eigenvalue weighted by Crippen LogP contribution is -2.44. The van der Waals surface area contributed by atoms with E-state index >= 15 is 0 Å². The zero-order valence-corrected chi connectivity index (χ0v) is 8.64. The van der Waals surface area contributed by atoms with Gasteiger partial charge in [-0.1, -0.05) is 20.8 Å². The quantitative estimate of drug-likeness (QED) is 0.525. The molecule has 0 amide bonds. The molecule has 0 aromatic heterocycles. The second-order valence-corrected chi connectivity index (χ2v) is 4.12.